The zero-order valence-electron chi connectivity index (χ0n) is 14.6. The van der Waals surface area contributed by atoms with Crippen LogP contribution in [0.1, 0.15) is 86.5 Å². The largest absolute Gasteiger partial charge is 0.463 e. The average molecular weight is 284 g/mol. The Morgan fingerprint density at radius 3 is 2.00 bits per heavy atom. The quantitative estimate of drug-likeness (QED) is 0.462. The third-order valence-electron chi connectivity index (χ3n) is 3.87. The van der Waals surface area contributed by atoms with Crippen molar-refractivity contribution in [3.05, 3.63) is 0 Å². The fraction of sp³-hybridized carbons (Fsp3) is 0.944. The lowest BCUT2D eigenvalue weighted by Gasteiger charge is -2.27. The Morgan fingerprint density at radius 1 is 0.900 bits per heavy atom. The maximum atomic E-state index is 12.4. The summed E-state index contributed by atoms with van der Waals surface area (Å²) in [5, 5.41) is 0. The summed E-state index contributed by atoms with van der Waals surface area (Å²) in [7, 11) is 0. The van der Waals surface area contributed by atoms with Gasteiger partial charge in [-0.3, -0.25) is 4.79 Å². The second kappa shape index (κ2) is 11.2. The molecule has 0 rings (SSSR count). The number of carbonyl (C=O) groups is 1. The van der Waals surface area contributed by atoms with E-state index in [1.54, 1.807) is 0 Å². The van der Waals surface area contributed by atoms with Crippen molar-refractivity contribution in [1.29, 1.82) is 0 Å². The fourth-order valence-electron chi connectivity index (χ4n) is 2.74. The van der Waals surface area contributed by atoms with E-state index in [0.29, 0.717) is 11.8 Å². The van der Waals surface area contributed by atoms with Crippen molar-refractivity contribution < 1.29 is 9.53 Å². The molecule has 20 heavy (non-hydrogen) atoms. The van der Waals surface area contributed by atoms with E-state index in [0.717, 1.165) is 19.3 Å². The molecule has 0 radical (unpaired) electrons. The summed E-state index contributed by atoms with van der Waals surface area (Å²) in [6.07, 6.45) is 7.99. The van der Waals surface area contributed by atoms with Gasteiger partial charge in [0.25, 0.3) is 0 Å². The van der Waals surface area contributed by atoms with Crippen LogP contribution in [0.3, 0.4) is 0 Å². The number of hydrogen-bond acceptors (Lipinski definition) is 2. The molecule has 0 spiro atoms. The second-order valence-corrected chi connectivity index (χ2v) is 6.75. The van der Waals surface area contributed by atoms with Crippen molar-refractivity contribution in [2.45, 2.75) is 92.6 Å². The third kappa shape index (κ3) is 8.60. The van der Waals surface area contributed by atoms with Gasteiger partial charge in [0.05, 0.1) is 12.0 Å². The Morgan fingerprint density at radius 2 is 1.55 bits per heavy atom. The summed E-state index contributed by atoms with van der Waals surface area (Å²) in [6, 6.07) is 0. The van der Waals surface area contributed by atoms with E-state index in [9.17, 15) is 4.79 Å². The van der Waals surface area contributed by atoms with Crippen LogP contribution in [0, 0.1) is 17.8 Å². The van der Waals surface area contributed by atoms with E-state index in [-0.39, 0.29) is 18.0 Å². The predicted molar refractivity (Wildman–Crippen MR) is 86.7 cm³/mol. The first-order valence-corrected chi connectivity index (χ1v) is 8.62. The Bertz CT molecular complexity index is 246. The molecule has 0 aliphatic heterocycles. The van der Waals surface area contributed by atoms with Gasteiger partial charge in [-0.25, -0.2) is 0 Å². The molecule has 2 atom stereocenters. The molecular weight excluding hydrogens is 248 g/mol. The maximum absolute atomic E-state index is 12.4. The lowest BCUT2D eigenvalue weighted by atomic mass is 9.80. The number of ether oxygens (including phenoxy) is 1. The van der Waals surface area contributed by atoms with Crippen molar-refractivity contribution >= 4 is 5.97 Å². The molecule has 0 aromatic carbocycles. The van der Waals surface area contributed by atoms with Crippen molar-refractivity contribution in [3.8, 4) is 0 Å². The molecule has 0 heterocycles. The van der Waals surface area contributed by atoms with Crippen LogP contribution in [0.2, 0.25) is 0 Å². The van der Waals surface area contributed by atoms with Crippen LogP contribution in [-0.2, 0) is 9.53 Å². The minimum Gasteiger partial charge on any atom is -0.463 e. The number of hydrogen-bond donors (Lipinski definition) is 0. The molecule has 0 saturated carbocycles. The van der Waals surface area contributed by atoms with Gasteiger partial charge in [-0.05, 0) is 44.9 Å². The smallest absolute Gasteiger partial charge is 0.309 e. The van der Waals surface area contributed by atoms with Gasteiger partial charge in [-0.1, -0.05) is 53.4 Å². The van der Waals surface area contributed by atoms with Gasteiger partial charge in [-0.15, -0.1) is 0 Å². The summed E-state index contributed by atoms with van der Waals surface area (Å²) in [5.41, 5.74) is 0. The van der Waals surface area contributed by atoms with Crippen LogP contribution < -0.4 is 0 Å². The molecule has 0 bridgehead atoms. The van der Waals surface area contributed by atoms with E-state index < -0.39 is 0 Å². The normalized spacial score (nSPS) is 14.6. The van der Waals surface area contributed by atoms with Gasteiger partial charge in [0.15, 0.2) is 0 Å². The number of rotatable bonds is 11. The van der Waals surface area contributed by atoms with E-state index in [1.165, 1.54) is 25.7 Å². The lowest BCUT2D eigenvalue weighted by Crippen LogP contribution is -2.28. The molecule has 0 N–H and O–H groups in total. The van der Waals surface area contributed by atoms with Crippen molar-refractivity contribution in [2.24, 2.45) is 17.8 Å². The molecule has 0 amide bonds. The molecule has 0 aliphatic rings. The van der Waals surface area contributed by atoms with Crippen LogP contribution >= 0.6 is 0 Å². The van der Waals surface area contributed by atoms with Gasteiger partial charge in [0.1, 0.15) is 0 Å². The van der Waals surface area contributed by atoms with Gasteiger partial charge in [0, 0.05) is 0 Å². The topological polar surface area (TPSA) is 26.3 Å². The summed E-state index contributed by atoms with van der Waals surface area (Å²) in [5.74, 6) is 1.35. The Kier molecular flexibility index (Phi) is 10.9. The monoisotopic (exact) mass is 284 g/mol. The molecule has 0 fully saturated rings. The van der Waals surface area contributed by atoms with Crippen molar-refractivity contribution in [1.82, 2.24) is 0 Å². The van der Waals surface area contributed by atoms with Gasteiger partial charge >= 0.3 is 5.97 Å². The minimum absolute atomic E-state index is 0.00113. The number of carbonyl (C=O) groups excluding carboxylic acids is 1. The van der Waals surface area contributed by atoms with Crippen molar-refractivity contribution in [2.75, 3.05) is 0 Å². The standard InChI is InChI=1S/C18H36O2/c1-7-9-11-16(13-12-14(3)4)17(10-8-2)18(19)20-15(5)6/h14-17H,7-13H2,1-6H3. The molecular formula is C18H36O2. The molecule has 0 saturated heterocycles. The molecule has 2 nitrogen and oxygen atoms in total. The molecule has 2 unspecified atom stereocenters. The highest BCUT2D eigenvalue weighted by atomic mass is 16.5. The zero-order chi connectivity index (χ0) is 15.5. The molecule has 0 aromatic heterocycles. The first kappa shape index (κ1) is 19.5. The van der Waals surface area contributed by atoms with Crippen LogP contribution in [0.15, 0.2) is 0 Å². The van der Waals surface area contributed by atoms with Gasteiger partial charge in [0.2, 0.25) is 0 Å². The zero-order valence-corrected chi connectivity index (χ0v) is 14.6. The van der Waals surface area contributed by atoms with Crippen LogP contribution in [0.5, 0.6) is 0 Å². The van der Waals surface area contributed by atoms with Gasteiger partial charge < -0.3 is 4.74 Å². The number of unbranched alkanes of at least 4 members (excludes halogenated alkanes) is 1. The highest BCUT2D eigenvalue weighted by molar-refractivity contribution is 5.72. The fourth-order valence-corrected chi connectivity index (χ4v) is 2.74. The van der Waals surface area contributed by atoms with E-state index in [2.05, 4.69) is 27.7 Å². The van der Waals surface area contributed by atoms with Crippen molar-refractivity contribution in [3.63, 3.8) is 0 Å². The first-order valence-electron chi connectivity index (χ1n) is 8.62. The van der Waals surface area contributed by atoms with Gasteiger partial charge in [-0.2, -0.15) is 0 Å². The molecule has 0 aliphatic carbocycles. The van der Waals surface area contributed by atoms with Crippen LogP contribution in [-0.4, -0.2) is 12.1 Å². The SMILES string of the molecule is CCCCC(CCC(C)C)C(CCC)C(=O)OC(C)C. The lowest BCUT2D eigenvalue weighted by molar-refractivity contribution is -0.155. The summed E-state index contributed by atoms with van der Waals surface area (Å²) < 4.78 is 5.49. The highest BCUT2D eigenvalue weighted by Gasteiger charge is 2.28. The van der Waals surface area contributed by atoms with Crippen LogP contribution in [0.25, 0.3) is 0 Å². The molecule has 120 valence electrons. The summed E-state index contributed by atoms with van der Waals surface area (Å²) >= 11 is 0. The number of esters is 1. The molecule has 0 aromatic rings. The highest BCUT2D eigenvalue weighted by Crippen LogP contribution is 2.30. The Labute approximate surface area is 126 Å². The average Bonchev–Trinajstić information content (AvgIpc) is 2.35. The van der Waals surface area contributed by atoms with E-state index >= 15 is 0 Å². The van der Waals surface area contributed by atoms with Crippen LogP contribution in [0.4, 0.5) is 0 Å². The maximum Gasteiger partial charge on any atom is 0.309 e. The van der Waals surface area contributed by atoms with E-state index in [1.807, 2.05) is 13.8 Å². The second-order valence-electron chi connectivity index (χ2n) is 6.75. The van der Waals surface area contributed by atoms with E-state index in [4.69, 9.17) is 4.74 Å². The molecule has 2 heteroatoms. The predicted octanol–water partition coefficient (Wildman–Crippen LogP) is 5.60. The Hall–Kier alpha value is -0.530. The summed E-state index contributed by atoms with van der Waals surface area (Å²) in [4.78, 5) is 12.4. The Balaban J connectivity index is 4.74. The first-order chi connectivity index (χ1) is 9.42. The third-order valence-corrected chi connectivity index (χ3v) is 3.87. The summed E-state index contributed by atoms with van der Waals surface area (Å²) in [6.45, 7) is 12.8. The minimum atomic E-state index is -0.00113.